The lowest BCUT2D eigenvalue weighted by Crippen LogP contribution is -2.17. The summed E-state index contributed by atoms with van der Waals surface area (Å²) >= 11 is 5.20. The first-order valence-electron chi connectivity index (χ1n) is 5.40. The van der Waals surface area contributed by atoms with Crippen molar-refractivity contribution < 1.29 is 0 Å². The third-order valence-corrected chi connectivity index (χ3v) is 4.01. The molecule has 0 aliphatic carbocycles. The number of nitrogens with zero attached hydrogens (tertiary/aromatic N) is 1. The van der Waals surface area contributed by atoms with Gasteiger partial charge >= 0.3 is 0 Å². The van der Waals surface area contributed by atoms with Gasteiger partial charge in [0.25, 0.3) is 0 Å². The van der Waals surface area contributed by atoms with Gasteiger partial charge in [-0.2, -0.15) is 5.26 Å². The average molecular weight is 301 g/mol. The molecule has 0 amide bonds. The van der Waals surface area contributed by atoms with Crippen LogP contribution in [0.5, 0.6) is 0 Å². The Labute approximate surface area is 110 Å². The number of hydrogen-bond donors (Lipinski definition) is 1. The molecule has 1 aromatic rings. The fourth-order valence-electron chi connectivity index (χ4n) is 1.37. The van der Waals surface area contributed by atoms with Gasteiger partial charge in [-0.1, -0.05) is 0 Å². The van der Waals surface area contributed by atoms with Gasteiger partial charge in [0.15, 0.2) is 0 Å². The Kier molecular flexibility index (Phi) is 5.47. The van der Waals surface area contributed by atoms with Gasteiger partial charge < -0.3 is 5.32 Å². The summed E-state index contributed by atoms with van der Waals surface area (Å²) in [5.74, 6) is 0. The third-order valence-electron chi connectivity index (χ3n) is 2.39. The first-order chi connectivity index (χ1) is 7.53. The van der Waals surface area contributed by atoms with E-state index in [1.54, 1.807) is 11.3 Å². The molecule has 0 radical (unpaired) electrons. The maximum atomic E-state index is 8.86. The quantitative estimate of drug-likeness (QED) is 0.808. The second kappa shape index (κ2) is 6.39. The fourth-order valence-corrected chi connectivity index (χ4v) is 2.82. The molecule has 16 heavy (non-hydrogen) atoms. The maximum Gasteiger partial charge on any atom is 0.0701 e. The Bertz CT molecular complexity index is 365. The second-order valence-corrected chi connectivity index (χ2v) is 7.03. The molecule has 0 aliphatic rings. The molecule has 0 aliphatic heterocycles. The topological polar surface area (TPSA) is 35.8 Å². The van der Waals surface area contributed by atoms with E-state index < -0.39 is 0 Å². The SMILES string of the molecule is CC(C)(C#N)CCCNCc1ccc(Br)s1. The molecule has 1 rings (SSSR count). The van der Waals surface area contributed by atoms with E-state index in [0.29, 0.717) is 0 Å². The highest BCUT2D eigenvalue weighted by molar-refractivity contribution is 9.11. The van der Waals surface area contributed by atoms with E-state index in [-0.39, 0.29) is 5.41 Å². The minimum atomic E-state index is -0.187. The summed E-state index contributed by atoms with van der Waals surface area (Å²) in [4.78, 5) is 1.34. The highest BCUT2D eigenvalue weighted by atomic mass is 79.9. The van der Waals surface area contributed by atoms with Crippen LogP contribution in [-0.2, 0) is 6.54 Å². The highest BCUT2D eigenvalue weighted by Crippen LogP contribution is 2.22. The average Bonchev–Trinajstić information content (AvgIpc) is 2.64. The van der Waals surface area contributed by atoms with Crippen molar-refractivity contribution in [2.45, 2.75) is 33.2 Å². The van der Waals surface area contributed by atoms with Crippen LogP contribution in [0.4, 0.5) is 0 Å². The van der Waals surface area contributed by atoms with Gasteiger partial charge in [-0.05, 0) is 61.3 Å². The van der Waals surface area contributed by atoms with Crippen molar-refractivity contribution in [2.24, 2.45) is 5.41 Å². The van der Waals surface area contributed by atoms with Gasteiger partial charge in [0.1, 0.15) is 0 Å². The van der Waals surface area contributed by atoms with E-state index in [0.717, 1.165) is 25.9 Å². The smallest absolute Gasteiger partial charge is 0.0701 e. The zero-order valence-electron chi connectivity index (χ0n) is 9.72. The summed E-state index contributed by atoms with van der Waals surface area (Å²) in [6, 6.07) is 6.52. The number of thiophene rings is 1. The van der Waals surface area contributed by atoms with Crippen LogP contribution in [0.2, 0.25) is 0 Å². The van der Waals surface area contributed by atoms with Crippen LogP contribution >= 0.6 is 27.3 Å². The van der Waals surface area contributed by atoms with Crippen LogP contribution in [0, 0.1) is 16.7 Å². The summed E-state index contributed by atoms with van der Waals surface area (Å²) in [5.41, 5.74) is -0.187. The van der Waals surface area contributed by atoms with Crippen molar-refractivity contribution in [3.05, 3.63) is 20.8 Å². The molecule has 4 heteroatoms. The van der Waals surface area contributed by atoms with Gasteiger partial charge in [0, 0.05) is 11.4 Å². The van der Waals surface area contributed by atoms with Crippen molar-refractivity contribution in [3.8, 4) is 6.07 Å². The van der Waals surface area contributed by atoms with Crippen molar-refractivity contribution in [1.82, 2.24) is 5.32 Å². The minimum absolute atomic E-state index is 0.187. The van der Waals surface area contributed by atoms with Crippen LogP contribution in [0.3, 0.4) is 0 Å². The molecule has 0 aromatic carbocycles. The molecule has 2 nitrogen and oxygen atoms in total. The third kappa shape index (κ3) is 5.11. The van der Waals surface area contributed by atoms with Gasteiger partial charge in [-0.3, -0.25) is 0 Å². The van der Waals surface area contributed by atoms with Gasteiger partial charge in [-0.15, -0.1) is 11.3 Å². The normalized spacial score (nSPS) is 11.4. The van der Waals surface area contributed by atoms with E-state index in [1.807, 2.05) is 13.8 Å². The van der Waals surface area contributed by atoms with Crippen LogP contribution in [0.15, 0.2) is 15.9 Å². The van der Waals surface area contributed by atoms with E-state index in [2.05, 4.69) is 39.4 Å². The fraction of sp³-hybridized carbons (Fsp3) is 0.583. The summed E-state index contributed by atoms with van der Waals surface area (Å²) < 4.78 is 1.18. The Hall–Kier alpha value is -0.370. The molecular weight excluding hydrogens is 284 g/mol. The highest BCUT2D eigenvalue weighted by Gasteiger charge is 2.15. The number of halogens is 1. The summed E-state index contributed by atoms with van der Waals surface area (Å²) in [6.07, 6.45) is 2.00. The number of nitriles is 1. The molecule has 0 bridgehead atoms. The first-order valence-corrected chi connectivity index (χ1v) is 7.01. The summed E-state index contributed by atoms with van der Waals surface area (Å²) in [6.45, 7) is 5.87. The van der Waals surface area contributed by atoms with Gasteiger partial charge in [-0.25, -0.2) is 0 Å². The van der Waals surface area contributed by atoms with Crippen LogP contribution in [0.1, 0.15) is 31.6 Å². The lowest BCUT2D eigenvalue weighted by atomic mass is 9.90. The van der Waals surface area contributed by atoms with Crippen molar-refractivity contribution in [3.63, 3.8) is 0 Å². The summed E-state index contributed by atoms with van der Waals surface area (Å²) in [5, 5.41) is 12.2. The molecule has 88 valence electrons. The lowest BCUT2D eigenvalue weighted by Gasteiger charge is -2.14. The molecule has 0 fully saturated rings. The molecule has 0 unspecified atom stereocenters. The van der Waals surface area contributed by atoms with Gasteiger partial charge in [0.05, 0.1) is 15.3 Å². The second-order valence-electron chi connectivity index (χ2n) is 4.48. The largest absolute Gasteiger partial charge is 0.312 e. The van der Waals surface area contributed by atoms with Crippen LogP contribution in [0.25, 0.3) is 0 Å². The predicted molar refractivity (Wildman–Crippen MR) is 72.4 cm³/mol. The van der Waals surface area contributed by atoms with E-state index in [4.69, 9.17) is 5.26 Å². The Morgan fingerprint density at radius 3 is 2.81 bits per heavy atom. The molecule has 0 saturated heterocycles. The summed E-state index contributed by atoms with van der Waals surface area (Å²) in [7, 11) is 0. The number of nitrogens with one attached hydrogen (secondary N) is 1. The lowest BCUT2D eigenvalue weighted by molar-refractivity contribution is 0.426. The standard InChI is InChI=1S/C12H17BrN2S/c1-12(2,9-14)6-3-7-15-8-10-4-5-11(13)16-10/h4-5,15H,3,6-8H2,1-2H3. The Morgan fingerprint density at radius 1 is 1.50 bits per heavy atom. The van der Waals surface area contributed by atoms with Crippen molar-refractivity contribution in [2.75, 3.05) is 6.54 Å². The van der Waals surface area contributed by atoms with E-state index in [9.17, 15) is 0 Å². The molecule has 1 aromatic heterocycles. The molecule has 0 atom stereocenters. The molecule has 1 heterocycles. The van der Waals surface area contributed by atoms with Crippen molar-refractivity contribution in [1.29, 1.82) is 5.26 Å². The molecular formula is C12H17BrN2S. The predicted octanol–water partition coefficient (Wildman–Crippen LogP) is 3.93. The Balaban J connectivity index is 2.11. The van der Waals surface area contributed by atoms with Crippen LogP contribution in [-0.4, -0.2) is 6.54 Å². The zero-order chi connectivity index (χ0) is 12.0. The minimum Gasteiger partial charge on any atom is -0.312 e. The van der Waals surface area contributed by atoms with Crippen LogP contribution < -0.4 is 5.32 Å². The number of hydrogen-bond acceptors (Lipinski definition) is 3. The maximum absolute atomic E-state index is 8.86. The zero-order valence-corrected chi connectivity index (χ0v) is 12.1. The Morgan fingerprint density at radius 2 is 2.25 bits per heavy atom. The monoisotopic (exact) mass is 300 g/mol. The molecule has 1 N–H and O–H groups in total. The molecule has 0 spiro atoms. The number of rotatable bonds is 6. The van der Waals surface area contributed by atoms with E-state index >= 15 is 0 Å². The van der Waals surface area contributed by atoms with Crippen molar-refractivity contribution >= 4 is 27.3 Å². The van der Waals surface area contributed by atoms with Gasteiger partial charge in [0.2, 0.25) is 0 Å². The first kappa shape index (κ1) is 13.7. The molecule has 0 saturated carbocycles. The van der Waals surface area contributed by atoms with E-state index in [1.165, 1.54) is 8.66 Å².